The monoisotopic (exact) mass is 353 g/mol. The summed E-state index contributed by atoms with van der Waals surface area (Å²) in [5.74, 6) is -0.425. The zero-order chi connectivity index (χ0) is 18.1. The Morgan fingerprint density at radius 1 is 1.19 bits per heavy atom. The lowest BCUT2D eigenvalue weighted by atomic mass is 10.0. The fourth-order valence-electron chi connectivity index (χ4n) is 3.83. The molecular weight excluding hydrogens is 333 g/mol. The number of halogens is 1. The number of benzene rings is 1. The SMILES string of the molecule is O=C(NCc1ccncc1)[C@@H]1C[C@]12CCN(C(=O)c1ccc(F)cc1)C2. The van der Waals surface area contributed by atoms with Crippen molar-refractivity contribution >= 4 is 11.8 Å². The van der Waals surface area contributed by atoms with Crippen LogP contribution < -0.4 is 5.32 Å². The van der Waals surface area contributed by atoms with Crippen LogP contribution in [0.2, 0.25) is 0 Å². The first-order chi connectivity index (χ1) is 12.6. The average molecular weight is 353 g/mol. The topological polar surface area (TPSA) is 62.3 Å². The molecule has 5 nitrogen and oxygen atoms in total. The molecule has 1 aromatic heterocycles. The van der Waals surface area contributed by atoms with Gasteiger partial charge in [0.25, 0.3) is 5.91 Å². The first-order valence-electron chi connectivity index (χ1n) is 8.79. The van der Waals surface area contributed by atoms with Crippen LogP contribution in [-0.2, 0) is 11.3 Å². The van der Waals surface area contributed by atoms with Crippen molar-refractivity contribution in [1.29, 1.82) is 0 Å². The van der Waals surface area contributed by atoms with E-state index in [4.69, 9.17) is 0 Å². The Morgan fingerprint density at radius 3 is 2.65 bits per heavy atom. The Morgan fingerprint density at radius 2 is 1.92 bits per heavy atom. The minimum absolute atomic E-state index is 0.0321. The molecule has 2 fully saturated rings. The summed E-state index contributed by atoms with van der Waals surface area (Å²) in [5.41, 5.74) is 1.42. The predicted molar refractivity (Wildman–Crippen MR) is 93.5 cm³/mol. The van der Waals surface area contributed by atoms with Crippen LogP contribution in [0.25, 0.3) is 0 Å². The number of hydrogen-bond acceptors (Lipinski definition) is 3. The average Bonchev–Trinajstić information content (AvgIpc) is 3.20. The minimum atomic E-state index is -0.354. The molecular formula is C20H20FN3O2. The zero-order valence-corrected chi connectivity index (χ0v) is 14.3. The van der Waals surface area contributed by atoms with Crippen molar-refractivity contribution in [3.05, 3.63) is 65.7 Å². The van der Waals surface area contributed by atoms with Crippen molar-refractivity contribution in [2.24, 2.45) is 11.3 Å². The molecule has 1 aromatic carbocycles. The molecule has 2 heterocycles. The van der Waals surface area contributed by atoms with Gasteiger partial charge < -0.3 is 10.2 Å². The molecule has 4 rings (SSSR count). The molecule has 1 spiro atoms. The van der Waals surface area contributed by atoms with Crippen LogP contribution in [-0.4, -0.2) is 34.8 Å². The van der Waals surface area contributed by atoms with Gasteiger partial charge in [0.2, 0.25) is 5.91 Å². The summed E-state index contributed by atoms with van der Waals surface area (Å²) in [6.45, 7) is 1.73. The predicted octanol–water partition coefficient (Wildman–Crippen LogP) is 2.39. The molecule has 1 aliphatic heterocycles. The number of likely N-dealkylation sites (tertiary alicyclic amines) is 1. The maximum absolute atomic E-state index is 13.0. The van der Waals surface area contributed by atoms with Gasteiger partial charge in [-0.3, -0.25) is 14.6 Å². The highest BCUT2D eigenvalue weighted by molar-refractivity contribution is 5.94. The van der Waals surface area contributed by atoms with Gasteiger partial charge in [0.1, 0.15) is 5.82 Å². The van der Waals surface area contributed by atoms with Gasteiger partial charge in [-0.1, -0.05) is 0 Å². The minimum Gasteiger partial charge on any atom is -0.352 e. The third kappa shape index (κ3) is 3.19. The molecule has 1 N–H and O–H groups in total. The van der Waals surface area contributed by atoms with E-state index in [1.165, 1.54) is 24.3 Å². The number of nitrogens with zero attached hydrogens (tertiary/aromatic N) is 2. The van der Waals surface area contributed by atoms with Gasteiger partial charge in [0.05, 0.1) is 0 Å². The summed E-state index contributed by atoms with van der Waals surface area (Å²) in [7, 11) is 0. The second-order valence-corrected chi connectivity index (χ2v) is 7.18. The van der Waals surface area contributed by atoms with Gasteiger partial charge in [-0.25, -0.2) is 4.39 Å². The third-order valence-electron chi connectivity index (χ3n) is 5.49. The number of carbonyl (C=O) groups is 2. The van der Waals surface area contributed by atoms with E-state index < -0.39 is 0 Å². The molecule has 26 heavy (non-hydrogen) atoms. The van der Waals surface area contributed by atoms with Gasteiger partial charge in [-0.15, -0.1) is 0 Å². The van der Waals surface area contributed by atoms with Crippen molar-refractivity contribution in [1.82, 2.24) is 15.2 Å². The standard InChI is InChI=1S/C20H20FN3O2/c21-16-3-1-15(2-4-16)19(26)24-10-7-20(13-24)11-17(20)18(25)23-12-14-5-8-22-9-6-14/h1-6,8-9,17H,7,10-13H2,(H,23,25)/t17-,20-/m0/s1. The molecule has 2 atom stereocenters. The fourth-order valence-corrected chi connectivity index (χ4v) is 3.83. The summed E-state index contributed by atoms with van der Waals surface area (Å²) >= 11 is 0. The first kappa shape index (κ1) is 16.7. The van der Waals surface area contributed by atoms with E-state index in [0.717, 1.165) is 18.4 Å². The molecule has 2 amide bonds. The van der Waals surface area contributed by atoms with Crippen molar-refractivity contribution < 1.29 is 14.0 Å². The Labute approximate surface area is 151 Å². The number of rotatable bonds is 4. The molecule has 0 bridgehead atoms. The van der Waals surface area contributed by atoms with Crippen molar-refractivity contribution in [3.63, 3.8) is 0 Å². The number of hydrogen-bond donors (Lipinski definition) is 1. The van der Waals surface area contributed by atoms with Crippen molar-refractivity contribution in [2.75, 3.05) is 13.1 Å². The highest BCUT2D eigenvalue weighted by Gasteiger charge is 2.61. The van der Waals surface area contributed by atoms with Crippen LogP contribution >= 0.6 is 0 Å². The smallest absolute Gasteiger partial charge is 0.253 e. The third-order valence-corrected chi connectivity index (χ3v) is 5.49. The maximum atomic E-state index is 13.0. The Balaban J connectivity index is 1.33. The van der Waals surface area contributed by atoms with E-state index >= 15 is 0 Å². The van der Waals surface area contributed by atoms with Gasteiger partial charge in [0, 0.05) is 48.9 Å². The van der Waals surface area contributed by atoms with Crippen LogP contribution in [0.1, 0.15) is 28.8 Å². The molecule has 1 saturated carbocycles. The molecule has 1 saturated heterocycles. The number of carbonyl (C=O) groups excluding carboxylic acids is 2. The number of aromatic nitrogens is 1. The second-order valence-electron chi connectivity index (χ2n) is 7.18. The highest BCUT2D eigenvalue weighted by atomic mass is 19.1. The lowest BCUT2D eigenvalue weighted by Crippen LogP contribution is -2.31. The zero-order valence-electron chi connectivity index (χ0n) is 14.3. The lowest BCUT2D eigenvalue weighted by molar-refractivity contribution is -0.123. The molecule has 134 valence electrons. The molecule has 2 aromatic rings. The number of pyridine rings is 1. The highest BCUT2D eigenvalue weighted by Crippen LogP contribution is 2.58. The molecule has 6 heteroatoms. The summed E-state index contributed by atoms with van der Waals surface area (Å²) in [6.07, 6.45) is 5.07. The van der Waals surface area contributed by atoms with Crippen LogP contribution in [0.5, 0.6) is 0 Å². The molecule has 2 aliphatic rings. The summed E-state index contributed by atoms with van der Waals surface area (Å²) in [5, 5.41) is 2.98. The largest absolute Gasteiger partial charge is 0.352 e. The van der Waals surface area contributed by atoms with E-state index in [-0.39, 0.29) is 29.0 Å². The van der Waals surface area contributed by atoms with Crippen LogP contribution in [0, 0.1) is 17.2 Å². The quantitative estimate of drug-likeness (QED) is 0.918. The van der Waals surface area contributed by atoms with Gasteiger partial charge in [0.15, 0.2) is 0 Å². The van der Waals surface area contributed by atoms with E-state index in [1.807, 2.05) is 12.1 Å². The van der Waals surface area contributed by atoms with E-state index in [9.17, 15) is 14.0 Å². The molecule has 1 aliphatic carbocycles. The van der Waals surface area contributed by atoms with Crippen LogP contribution in [0.15, 0.2) is 48.8 Å². The first-order valence-corrected chi connectivity index (χ1v) is 8.79. The van der Waals surface area contributed by atoms with E-state index in [0.29, 0.717) is 25.2 Å². The second kappa shape index (κ2) is 6.52. The normalized spacial score (nSPS) is 23.9. The Hall–Kier alpha value is -2.76. The van der Waals surface area contributed by atoms with Gasteiger partial charge >= 0.3 is 0 Å². The summed E-state index contributed by atoms with van der Waals surface area (Å²) in [6, 6.07) is 9.36. The van der Waals surface area contributed by atoms with Gasteiger partial charge in [-0.05, 0) is 54.8 Å². The summed E-state index contributed by atoms with van der Waals surface area (Å²) in [4.78, 5) is 30.8. The van der Waals surface area contributed by atoms with Crippen molar-refractivity contribution in [3.8, 4) is 0 Å². The van der Waals surface area contributed by atoms with Crippen molar-refractivity contribution in [2.45, 2.75) is 19.4 Å². The van der Waals surface area contributed by atoms with Crippen LogP contribution in [0.3, 0.4) is 0 Å². The Bertz CT molecular complexity index is 825. The Kier molecular flexibility index (Phi) is 4.18. The summed E-state index contributed by atoms with van der Waals surface area (Å²) < 4.78 is 13.0. The van der Waals surface area contributed by atoms with E-state index in [1.54, 1.807) is 17.3 Å². The number of nitrogens with one attached hydrogen (secondary N) is 1. The van der Waals surface area contributed by atoms with Gasteiger partial charge in [-0.2, -0.15) is 0 Å². The van der Waals surface area contributed by atoms with Crippen LogP contribution in [0.4, 0.5) is 4.39 Å². The number of amides is 2. The fraction of sp³-hybridized carbons (Fsp3) is 0.350. The maximum Gasteiger partial charge on any atom is 0.253 e. The molecule has 0 unspecified atom stereocenters. The lowest BCUT2D eigenvalue weighted by Gasteiger charge is -2.17. The molecule has 0 radical (unpaired) electrons. The van der Waals surface area contributed by atoms with E-state index in [2.05, 4.69) is 10.3 Å².